The minimum atomic E-state index is -0.407. The van der Waals surface area contributed by atoms with Crippen LogP contribution in [0.5, 0.6) is 0 Å². The van der Waals surface area contributed by atoms with Gasteiger partial charge < -0.3 is 18.9 Å². The number of rotatable bonds is 12. The van der Waals surface area contributed by atoms with Crippen molar-refractivity contribution in [2.75, 3.05) is 9.80 Å². The number of fused-ring (bicyclic) bond motifs is 18. The summed E-state index contributed by atoms with van der Waals surface area (Å²) in [6.45, 7) is 2.14. The normalized spacial score (nSPS) is 12.2. The summed E-state index contributed by atoms with van der Waals surface area (Å²) in [5, 5.41) is 19.4. The van der Waals surface area contributed by atoms with Gasteiger partial charge in [-0.05, 0) is 249 Å². The fourth-order valence-corrected chi connectivity index (χ4v) is 17.3. The van der Waals surface area contributed by atoms with Gasteiger partial charge in [-0.3, -0.25) is 0 Å². The van der Waals surface area contributed by atoms with E-state index in [1.54, 1.807) is 4.57 Å². The molecule has 2 heterocycles. The summed E-state index contributed by atoms with van der Waals surface area (Å²) in [6, 6.07) is 142. The minimum absolute atomic E-state index is 0.140. The molecule has 0 atom stereocenters. The standard InChI is InChI=1S/C55H38N2.C54H36N2/c1-37-19-26-44(27-20-37)57-54-18-10-9-17-51(54)53-35-41(25-34-55(53)57)40-23-30-43(31-24-40)56(42-28-21-39(22-29-42)38-11-3-2-4-12-38)45-32-33-50-48-15-6-5-13-46(48)47-14-7-8-16-49(47)52(50)36-45;1-3-13-37(14-4-1)38-23-28-42(29-24-38)55(44-32-33-49-47-19-8-7-17-45(47)46-18-9-10-20-48(46)51(49)36-44)43-30-25-39(26-31-43)40-27-34-54-52(35-40)50-21-11-12-22-53(50)56(54)41-15-5-2-6-16-41/h2-36H,1H3;1-36H/i;2D,5D,6D,15D,16D. The maximum Gasteiger partial charge on any atom is 0.0645 e. The Hall–Kier alpha value is -14.8. The number of aromatic nitrogens is 2. The Morgan fingerprint density at radius 3 is 0.814 bits per heavy atom. The molecule has 0 radical (unpaired) electrons. The van der Waals surface area contributed by atoms with E-state index in [9.17, 15) is 0 Å². The maximum atomic E-state index is 8.78. The summed E-state index contributed by atoms with van der Waals surface area (Å²) < 4.78 is 46.7. The Balaban J connectivity index is 0.000000147. The van der Waals surface area contributed by atoms with Crippen molar-refractivity contribution in [3.63, 3.8) is 0 Å². The molecule has 0 bridgehead atoms. The van der Waals surface area contributed by atoms with Crippen LogP contribution >= 0.6 is 0 Å². The van der Waals surface area contributed by atoms with Gasteiger partial charge in [0.05, 0.1) is 28.9 Å². The number of benzene rings is 20. The monoisotopic (exact) mass is 1440 g/mol. The molecule has 530 valence electrons. The van der Waals surface area contributed by atoms with Crippen LogP contribution in [0.4, 0.5) is 34.1 Å². The number of nitrogens with zero attached hydrogens (tertiary/aromatic N) is 4. The highest BCUT2D eigenvalue weighted by Crippen LogP contribution is 2.46. The van der Waals surface area contributed by atoms with E-state index in [4.69, 9.17) is 6.85 Å². The molecule has 0 spiro atoms. The Kier molecular flexibility index (Phi) is 15.1. The number of hydrogen-bond acceptors (Lipinski definition) is 2. The van der Waals surface area contributed by atoms with E-state index in [1.165, 1.54) is 126 Å². The second kappa shape index (κ2) is 28.0. The Bertz CT molecular complexity index is 7620. The van der Waals surface area contributed by atoms with Crippen molar-refractivity contribution < 1.29 is 6.85 Å². The molecule has 0 aliphatic rings. The van der Waals surface area contributed by atoms with Crippen LogP contribution in [0.25, 0.3) is 164 Å². The van der Waals surface area contributed by atoms with Crippen molar-refractivity contribution in [2.45, 2.75) is 6.92 Å². The highest BCUT2D eigenvalue weighted by atomic mass is 15.1. The second-order valence-electron chi connectivity index (χ2n) is 29.2. The van der Waals surface area contributed by atoms with Crippen molar-refractivity contribution in [2.24, 2.45) is 0 Å². The molecule has 4 nitrogen and oxygen atoms in total. The molecule has 0 N–H and O–H groups in total. The zero-order valence-electron chi connectivity index (χ0n) is 66.9. The molecule has 2 aromatic heterocycles. The van der Waals surface area contributed by atoms with Crippen molar-refractivity contribution in [1.82, 2.24) is 9.13 Å². The summed E-state index contributed by atoms with van der Waals surface area (Å²) in [4.78, 5) is 4.71. The van der Waals surface area contributed by atoms with E-state index in [2.05, 4.69) is 379 Å². The van der Waals surface area contributed by atoms with Gasteiger partial charge in [-0.2, -0.15) is 0 Å². The van der Waals surface area contributed by atoms with Gasteiger partial charge in [-0.15, -0.1) is 0 Å². The largest absolute Gasteiger partial charge is 0.310 e. The molecule has 0 saturated carbocycles. The van der Waals surface area contributed by atoms with Crippen LogP contribution in [0.15, 0.2) is 431 Å². The minimum Gasteiger partial charge on any atom is -0.310 e. The van der Waals surface area contributed by atoms with Crippen LogP contribution in [0.3, 0.4) is 0 Å². The predicted molar refractivity (Wildman–Crippen MR) is 482 cm³/mol. The van der Waals surface area contributed by atoms with E-state index >= 15 is 0 Å². The van der Waals surface area contributed by atoms with Crippen molar-refractivity contribution in [3.8, 4) is 55.9 Å². The third kappa shape index (κ3) is 11.8. The number of para-hydroxylation sites is 3. The van der Waals surface area contributed by atoms with E-state index in [-0.39, 0.29) is 29.9 Å². The van der Waals surface area contributed by atoms with Crippen molar-refractivity contribution in [1.29, 1.82) is 0 Å². The fraction of sp³-hybridized carbons (Fsp3) is 0.00917. The van der Waals surface area contributed by atoms with Crippen molar-refractivity contribution >= 4 is 142 Å². The molecule has 22 aromatic rings. The third-order valence-corrected chi connectivity index (χ3v) is 22.7. The first-order valence-corrected chi connectivity index (χ1v) is 38.5. The highest BCUT2D eigenvalue weighted by molar-refractivity contribution is 6.27. The van der Waals surface area contributed by atoms with Gasteiger partial charge in [0.25, 0.3) is 0 Å². The molecule has 0 saturated heterocycles. The van der Waals surface area contributed by atoms with E-state index < -0.39 is 6.04 Å². The van der Waals surface area contributed by atoms with Gasteiger partial charge in [0.2, 0.25) is 0 Å². The third-order valence-electron chi connectivity index (χ3n) is 22.7. The molecule has 4 heteroatoms. The summed E-state index contributed by atoms with van der Waals surface area (Å²) in [5.41, 5.74) is 22.1. The van der Waals surface area contributed by atoms with Gasteiger partial charge in [0.15, 0.2) is 0 Å². The fourth-order valence-electron chi connectivity index (χ4n) is 17.3. The zero-order valence-corrected chi connectivity index (χ0v) is 61.9. The lowest BCUT2D eigenvalue weighted by molar-refractivity contribution is 1.17. The van der Waals surface area contributed by atoms with Gasteiger partial charge >= 0.3 is 0 Å². The SMILES string of the molecule is Cc1ccc(-n2c3ccccc3c3cc(-c4ccc(N(c5ccc(-c6ccccc6)cc5)c5ccc6c7ccccc7c7ccccc7c6c5)cc4)ccc32)cc1.[2H]c1c([2H])c([2H])c(-n2c3ccccc3c3cc(-c4ccc(N(c5ccc(-c6ccccc6)cc5)c5ccc6c7ccccc7c7ccccc7c6c5)cc4)ccc32)c([2H])c1[2H]. The molecular weight excluding hydrogens is 1370 g/mol. The van der Waals surface area contributed by atoms with E-state index in [1.807, 2.05) is 42.5 Å². The molecule has 0 aliphatic carbocycles. The van der Waals surface area contributed by atoms with Crippen LogP contribution in [0.1, 0.15) is 12.4 Å². The van der Waals surface area contributed by atoms with Crippen molar-refractivity contribution in [3.05, 3.63) is 436 Å². The smallest absolute Gasteiger partial charge is 0.0645 e. The topological polar surface area (TPSA) is 16.3 Å². The Morgan fingerprint density at radius 2 is 0.451 bits per heavy atom. The second-order valence-corrected chi connectivity index (χ2v) is 29.2. The summed E-state index contributed by atoms with van der Waals surface area (Å²) in [5.74, 6) is 0. The molecule has 0 unspecified atom stereocenters. The number of anilines is 6. The average molecular weight is 1440 g/mol. The average Bonchev–Trinajstić information content (AvgIpc) is 1.48. The molecule has 20 aromatic carbocycles. The molecule has 0 fully saturated rings. The summed E-state index contributed by atoms with van der Waals surface area (Å²) >= 11 is 0. The molecular formula is C109H74N4. The number of aryl methyl sites for hydroxylation is 1. The lowest BCUT2D eigenvalue weighted by Crippen LogP contribution is -2.10. The lowest BCUT2D eigenvalue weighted by atomic mass is 9.94. The number of hydrogen-bond donors (Lipinski definition) is 0. The molecule has 0 aliphatic heterocycles. The van der Waals surface area contributed by atoms with Crippen LogP contribution in [0, 0.1) is 6.92 Å². The van der Waals surface area contributed by atoms with Gasteiger partial charge in [0.1, 0.15) is 0 Å². The zero-order chi connectivity index (χ0) is 79.2. The first kappa shape index (κ1) is 61.1. The first-order chi connectivity index (χ1) is 58.0. The van der Waals surface area contributed by atoms with Gasteiger partial charge in [-0.25, -0.2) is 0 Å². The molecule has 113 heavy (non-hydrogen) atoms. The van der Waals surface area contributed by atoms with Gasteiger partial charge in [0, 0.05) is 67.0 Å². The first-order valence-electron chi connectivity index (χ1n) is 41.0. The summed E-state index contributed by atoms with van der Waals surface area (Å²) in [6.07, 6.45) is 0. The van der Waals surface area contributed by atoms with Crippen LogP contribution < -0.4 is 9.80 Å². The Labute approximate surface area is 663 Å². The maximum absolute atomic E-state index is 8.78. The van der Waals surface area contributed by atoms with Crippen LogP contribution in [-0.2, 0) is 0 Å². The molecule has 22 rings (SSSR count). The predicted octanol–water partition coefficient (Wildman–Crippen LogP) is 30.4. The van der Waals surface area contributed by atoms with Gasteiger partial charge in [-0.1, -0.05) is 303 Å². The van der Waals surface area contributed by atoms with E-state index in [0.717, 1.165) is 72.6 Å². The Morgan fingerprint density at radius 1 is 0.186 bits per heavy atom. The summed E-state index contributed by atoms with van der Waals surface area (Å²) in [7, 11) is 0. The van der Waals surface area contributed by atoms with Crippen LogP contribution in [0.2, 0.25) is 0 Å². The van der Waals surface area contributed by atoms with E-state index in [0.29, 0.717) is 0 Å². The molecule has 0 amide bonds. The van der Waals surface area contributed by atoms with Crippen LogP contribution in [-0.4, -0.2) is 9.13 Å². The lowest BCUT2D eigenvalue weighted by Gasteiger charge is -2.26. The quantitative estimate of drug-likeness (QED) is 0.113. The highest BCUT2D eigenvalue weighted by Gasteiger charge is 2.22.